The summed E-state index contributed by atoms with van der Waals surface area (Å²) in [5, 5.41) is 4.50. The van der Waals surface area contributed by atoms with Gasteiger partial charge in [-0.1, -0.05) is 0 Å². The van der Waals surface area contributed by atoms with Crippen LogP contribution in [0.15, 0.2) is 0 Å². The summed E-state index contributed by atoms with van der Waals surface area (Å²) >= 11 is 0. The van der Waals surface area contributed by atoms with Crippen LogP contribution in [0.3, 0.4) is 0 Å². The molecule has 5 nitrogen and oxygen atoms in total. The number of hydrogen-bond donors (Lipinski definition) is 2. The molecule has 0 aromatic heterocycles. The molecule has 0 spiro atoms. The average molecular weight is 276 g/mol. The molecule has 1 heterocycles. The highest BCUT2D eigenvalue weighted by Gasteiger charge is 2.28. The molecule has 2 N–H and O–H groups in total. The number of alkyl halides is 3. The Morgan fingerprint density at radius 3 is 2.65 bits per heavy atom. The van der Waals surface area contributed by atoms with Crippen molar-refractivity contribution in [2.45, 2.75) is 6.18 Å². The lowest BCUT2D eigenvalue weighted by Gasteiger charge is -2.26. The van der Waals surface area contributed by atoms with E-state index in [1.807, 2.05) is 0 Å². The molecular weight excluding hydrogens is 263 g/mol. The van der Waals surface area contributed by atoms with Crippen molar-refractivity contribution in [2.75, 3.05) is 32.7 Å². The van der Waals surface area contributed by atoms with Crippen molar-refractivity contribution in [3.05, 3.63) is 0 Å². The second-order valence-corrected chi connectivity index (χ2v) is 3.38. The molecule has 0 radical (unpaired) electrons. The third-order valence-electron chi connectivity index (χ3n) is 2.01. The Labute approximate surface area is 102 Å². The number of halogens is 4. The van der Waals surface area contributed by atoms with Crippen molar-refractivity contribution in [3.8, 4) is 0 Å². The zero-order valence-corrected chi connectivity index (χ0v) is 9.66. The fourth-order valence-electron chi connectivity index (χ4n) is 1.24. The maximum absolute atomic E-state index is 11.8. The molecule has 1 rings (SSSR count). The second kappa shape index (κ2) is 6.65. The van der Waals surface area contributed by atoms with Gasteiger partial charge in [0.15, 0.2) is 0 Å². The zero-order valence-electron chi connectivity index (χ0n) is 8.84. The maximum Gasteiger partial charge on any atom is 0.405 e. The lowest BCUT2D eigenvalue weighted by molar-refractivity contribution is -0.142. The Morgan fingerprint density at radius 2 is 2.12 bits per heavy atom. The first-order valence-electron chi connectivity index (χ1n) is 4.70. The standard InChI is InChI=1S/C8H12F3N3O2.ClH/c9-8(10,11)5-13-6(15)4-14-2-1-12-3-7(14)16;/h12H,1-5H2,(H,13,15);1H. The summed E-state index contributed by atoms with van der Waals surface area (Å²) in [6.45, 7) is -0.703. The fourth-order valence-corrected chi connectivity index (χ4v) is 1.24. The molecule has 0 atom stereocenters. The van der Waals surface area contributed by atoms with Crippen LogP contribution in [0.2, 0.25) is 0 Å². The minimum absolute atomic E-state index is 0. The summed E-state index contributed by atoms with van der Waals surface area (Å²) in [7, 11) is 0. The number of amides is 2. The minimum Gasteiger partial charge on any atom is -0.345 e. The third kappa shape index (κ3) is 6.32. The Balaban J connectivity index is 0.00000256. The number of piperazine rings is 1. The first-order valence-corrected chi connectivity index (χ1v) is 4.70. The molecule has 1 aliphatic heterocycles. The molecule has 1 saturated heterocycles. The zero-order chi connectivity index (χ0) is 12.2. The van der Waals surface area contributed by atoms with E-state index in [4.69, 9.17) is 0 Å². The molecule has 1 aliphatic rings. The van der Waals surface area contributed by atoms with Crippen LogP contribution in [0, 0.1) is 0 Å². The number of nitrogens with one attached hydrogen (secondary N) is 2. The van der Waals surface area contributed by atoms with Crippen molar-refractivity contribution in [3.63, 3.8) is 0 Å². The Kier molecular flexibility index (Phi) is 6.25. The SMILES string of the molecule is Cl.O=C(CN1CCNCC1=O)NCC(F)(F)F. The third-order valence-corrected chi connectivity index (χ3v) is 2.01. The molecule has 0 aliphatic carbocycles. The number of rotatable bonds is 3. The summed E-state index contributed by atoms with van der Waals surface area (Å²) < 4.78 is 35.3. The largest absolute Gasteiger partial charge is 0.405 e. The van der Waals surface area contributed by atoms with E-state index in [1.54, 1.807) is 5.32 Å². The van der Waals surface area contributed by atoms with Gasteiger partial charge < -0.3 is 15.5 Å². The fraction of sp³-hybridized carbons (Fsp3) is 0.750. The van der Waals surface area contributed by atoms with Gasteiger partial charge in [0.2, 0.25) is 11.8 Å². The van der Waals surface area contributed by atoms with E-state index < -0.39 is 18.6 Å². The van der Waals surface area contributed by atoms with Crippen LogP contribution in [-0.2, 0) is 9.59 Å². The molecule has 17 heavy (non-hydrogen) atoms. The predicted molar refractivity (Wildman–Crippen MR) is 55.8 cm³/mol. The lowest BCUT2D eigenvalue weighted by atomic mass is 10.3. The van der Waals surface area contributed by atoms with Crippen LogP contribution < -0.4 is 10.6 Å². The minimum atomic E-state index is -4.43. The van der Waals surface area contributed by atoms with E-state index in [0.29, 0.717) is 13.1 Å². The molecular formula is C8H13ClF3N3O2. The first-order chi connectivity index (χ1) is 7.38. The van der Waals surface area contributed by atoms with Crippen molar-refractivity contribution in [2.24, 2.45) is 0 Å². The smallest absolute Gasteiger partial charge is 0.345 e. The first kappa shape index (κ1) is 16.0. The summed E-state index contributed by atoms with van der Waals surface area (Å²) in [6, 6.07) is 0. The molecule has 100 valence electrons. The second-order valence-electron chi connectivity index (χ2n) is 3.38. The summed E-state index contributed by atoms with van der Waals surface area (Å²) in [5.74, 6) is -1.08. The topological polar surface area (TPSA) is 61.4 Å². The number of carbonyl (C=O) groups is 2. The van der Waals surface area contributed by atoms with E-state index in [9.17, 15) is 22.8 Å². The van der Waals surface area contributed by atoms with Crippen LogP contribution in [-0.4, -0.2) is 55.6 Å². The van der Waals surface area contributed by atoms with Gasteiger partial charge in [-0.2, -0.15) is 13.2 Å². The van der Waals surface area contributed by atoms with Crippen LogP contribution in [0.5, 0.6) is 0 Å². The molecule has 0 bridgehead atoms. The van der Waals surface area contributed by atoms with Gasteiger partial charge in [-0.15, -0.1) is 12.4 Å². The van der Waals surface area contributed by atoms with Crippen molar-refractivity contribution >= 4 is 24.2 Å². The normalized spacial score (nSPS) is 16.4. The van der Waals surface area contributed by atoms with Gasteiger partial charge in [0.1, 0.15) is 6.54 Å². The van der Waals surface area contributed by atoms with E-state index in [-0.39, 0.29) is 31.4 Å². The lowest BCUT2D eigenvalue weighted by Crippen LogP contribution is -2.51. The Hall–Kier alpha value is -1.02. The van der Waals surface area contributed by atoms with Gasteiger partial charge in [0, 0.05) is 13.1 Å². The molecule has 0 aromatic carbocycles. The average Bonchev–Trinajstić information content (AvgIpc) is 2.18. The molecule has 1 fully saturated rings. The maximum atomic E-state index is 11.8. The number of carbonyl (C=O) groups excluding carboxylic acids is 2. The van der Waals surface area contributed by atoms with E-state index >= 15 is 0 Å². The molecule has 2 amide bonds. The monoisotopic (exact) mass is 275 g/mol. The predicted octanol–water partition coefficient (Wildman–Crippen LogP) is -0.482. The molecule has 0 unspecified atom stereocenters. The number of hydrogen-bond acceptors (Lipinski definition) is 3. The van der Waals surface area contributed by atoms with Crippen LogP contribution >= 0.6 is 12.4 Å². The van der Waals surface area contributed by atoms with Gasteiger partial charge in [-0.05, 0) is 0 Å². The van der Waals surface area contributed by atoms with E-state index in [0.717, 1.165) is 0 Å². The van der Waals surface area contributed by atoms with Gasteiger partial charge in [-0.25, -0.2) is 0 Å². The van der Waals surface area contributed by atoms with Crippen LogP contribution in [0.4, 0.5) is 13.2 Å². The van der Waals surface area contributed by atoms with Crippen molar-refractivity contribution in [1.82, 2.24) is 15.5 Å². The van der Waals surface area contributed by atoms with Crippen LogP contribution in [0.1, 0.15) is 0 Å². The summed E-state index contributed by atoms with van der Waals surface area (Å²) in [4.78, 5) is 23.5. The van der Waals surface area contributed by atoms with Gasteiger partial charge >= 0.3 is 6.18 Å². The molecule has 9 heteroatoms. The van der Waals surface area contributed by atoms with Gasteiger partial charge in [0.25, 0.3) is 0 Å². The highest BCUT2D eigenvalue weighted by molar-refractivity contribution is 5.86. The number of nitrogens with zero attached hydrogens (tertiary/aromatic N) is 1. The molecule has 0 saturated carbocycles. The Morgan fingerprint density at radius 1 is 1.47 bits per heavy atom. The van der Waals surface area contributed by atoms with E-state index in [1.165, 1.54) is 4.90 Å². The summed E-state index contributed by atoms with van der Waals surface area (Å²) in [5.41, 5.74) is 0. The highest BCUT2D eigenvalue weighted by atomic mass is 35.5. The molecule has 0 aromatic rings. The van der Waals surface area contributed by atoms with Crippen molar-refractivity contribution in [1.29, 1.82) is 0 Å². The van der Waals surface area contributed by atoms with Crippen LogP contribution in [0.25, 0.3) is 0 Å². The van der Waals surface area contributed by atoms with E-state index in [2.05, 4.69) is 5.32 Å². The van der Waals surface area contributed by atoms with Gasteiger partial charge in [-0.3, -0.25) is 9.59 Å². The summed E-state index contributed by atoms with van der Waals surface area (Å²) in [6.07, 6.45) is -4.43. The Bertz CT molecular complexity index is 286. The quantitative estimate of drug-likeness (QED) is 0.731. The van der Waals surface area contributed by atoms with Gasteiger partial charge in [0.05, 0.1) is 13.1 Å². The van der Waals surface area contributed by atoms with Crippen molar-refractivity contribution < 1.29 is 22.8 Å². The highest BCUT2D eigenvalue weighted by Crippen LogP contribution is 2.12.